The maximum atomic E-state index is 12.2. The first-order valence-electron chi connectivity index (χ1n) is 7.91. The van der Waals surface area contributed by atoms with Gasteiger partial charge in [0.05, 0.1) is 5.39 Å². The fourth-order valence-electron chi connectivity index (χ4n) is 3.29. The van der Waals surface area contributed by atoms with Crippen molar-refractivity contribution in [3.05, 3.63) is 51.9 Å². The molecule has 0 radical (unpaired) electrons. The number of aryl methyl sites for hydroxylation is 1. The van der Waals surface area contributed by atoms with Crippen LogP contribution in [0.2, 0.25) is 0 Å². The Labute approximate surface area is 134 Å². The summed E-state index contributed by atoms with van der Waals surface area (Å²) in [6.07, 6.45) is 0. The largest absolute Gasteiger partial charge is 0.477 e. The van der Waals surface area contributed by atoms with Gasteiger partial charge in [0.2, 0.25) is 0 Å². The van der Waals surface area contributed by atoms with E-state index in [0.717, 1.165) is 34.2 Å². The molecule has 2 aromatic carbocycles. The van der Waals surface area contributed by atoms with Crippen LogP contribution < -0.4 is 10.4 Å². The van der Waals surface area contributed by atoms with Gasteiger partial charge in [0.25, 0.3) is 0 Å². The van der Waals surface area contributed by atoms with E-state index in [0.29, 0.717) is 23.7 Å². The smallest absolute Gasteiger partial charge is 0.344 e. The maximum absolute atomic E-state index is 12.2. The zero-order chi connectivity index (χ0) is 16.1. The van der Waals surface area contributed by atoms with Crippen LogP contribution in [0.5, 0.6) is 5.75 Å². The molecule has 0 saturated heterocycles. The molecule has 0 unspecified atom stereocenters. The average Bonchev–Trinajstić information content (AvgIpc) is 2.56. The molecule has 118 valence electrons. The molecule has 1 aliphatic heterocycles. The van der Waals surface area contributed by atoms with Gasteiger partial charge in [-0.3, -0.25) is 4.90 Å². The summed E-state index contributed by atoms with van der Waals surface area (Å²) in [5.74, 6) is 0.854. The quantitative estimate of drug-likeness (QED) is 0.506. The molecule has 23 heavy (non-hydrogen) atoms. The molecule has 0 spiro atoms. The molecule has 0 N–H and O–H groups in total. The second kappa shape index (κ2) is 5.10. The summed E-state index contributed by atoms with van der Waals surface area (Å²) in [6, 6.07) is 10.1. The van der Waals surface area contributed by atoms with E-state index in [1.165, 1.54) is 0 Å². The monoisotopic (exact) mass is 309 g/mol. The molecule has 1 aromatic heterocycles. The number of rotatable bonds is 1. The first kappa shape index (κ1) is 14.3. The third kappa shape index (κ3) is 2.13. The highest BCUT2D eigenvalue weighted by atomic mass is 16.5. The van der Waals surface area contributed by atoms with Crippen molar-refractivity contribution < 1.29 is 9.15 Å². The molecule has 0 bridgehead atoms. The van der Waals surface area contributed by atoms with Gasteiger partial charge < -0.3 is 9.15 Å². The standard InChI is InChI=1S/C19H19NO3/c1-11(2)20-9-13-8-16-14-6-4-5-7-15(14)19(21)23-18(16)12(3)17(13)22-10-20/h4-8,11H,9-10H2,1-3H3. The normalized spacial score (nSPS) is 15.1. The Morgan fingerprint density at radius 1 is 1.13 bits per heavy atom. The average molecular weight is 309 g/mol. The van der Waals surface area contributed by atoms with Crippen molar-refractivity contribution in [2.75, 3.05) is 6.73 Å². The number of nitrogens with zero attached hydrogens (tertiary/aromatic N) is 1. The van der Waals surface area contributed by atoms with Crippen LogP contribution in [0, 0.1) is 6.92 Å². The SMILES string of the molecule is Cc1c2c(cc3c1oc(=O)c1ccccc13)CN(C(C)C)CO2. The van der Waals surface area contributed by atoms with Crippen LogP contribution >= 0.6 is 0 Å². The topological polar surface area (TPSA) is 42.7 Å². The summed E-state index contributed by atoms with van der Waals surface area (Å²) < 4.78 is 11.5. The van der Waals surface area contributed by atoms with Gasteiger partial charge in [0.1, 0.15) is 18.1 Å². The maximum Gasteiger partial charge on any atom is 0.344 e. The van der Waals surface area contributed by atoms with E-state index >= 15 is 0 Å². The fourth-order valence-corrected chi connectivity index (χ4v) is 3.29. The highest BCUT2D eigenvalue weighted by Crippen LogP contribution is 2.37. The summed E-state index contributed by atoms with van der Waals surface area (Å²) in [6.45, 7) is 7.70. The molecule has 3 aromatic rings. The summed E-state index contributed by atoms with van der Waals surface area (Å²) in [5.41, 5.74) is 2.39. The van der Waals surface area contributed by atoms with Crippen LogP contribution in [0.15, 0.2) is 39.5 Å². The highest BCUT2D eigenvalue weighted by molar-refractivity contribution is 6.06. The highest BCUT2D eigenvalue weighted by Gasteiger charge is 2.24. The van der Waals surface area contributed by atoms with Crippen LogP contribution in [0.1, 0.15) is 25.0 Å². The first-order valence-corrected chi connectivity index (χ1v) is 7.91. The lowest BCUT2D eigenvalue weighted by Gasteiger charge is -2.32. The number of hydrogen-bond acceptors (Lipinski definition) is 4. The van der Waals surface area contributed by atoms with Crippen molar-refractivity contribution in [2.24, 2.45) is 0 Å². The minimum absolute atomic E-state index is 0.296. The molecule has 0 amide bonds. The number of fused-ring (bicyclic) bond motifs is 4. The Bertz CT molecular complexity index is 972. The molecule has 1 aliphatic rings. The molecule has 4 rings (SSSR count). The molecule has 0 fully saturated rings. The van der Waals surface area contributed by atoms with E-state index in [4.69, 9.17) is 9.15 Å². The van der Waals surface area contributed by atoms with Crippen LogP contribution in [0.4, 0.5) is 0 Å². The number of hydrogen-bond donors (Lipinski definition) is 0. The summed E-state index contributed by atoms with van der Waals surface area (Å²) >= 11 is 0. The van der Waals surface area contributed by atoms with Crippen molar-refractivity contribution in [1.82, 2.24) is 4.90 Å². The fraction of sp³-hybridized carbons (Fsp3) is 0.316. The predicted octanol–water partition coefficient (Wildman–Crippen LogP) is 3.81. The Morgan fingerprint density at radius 3 is 2.61 bits per heavy atom. The van der Waals surface area contributed by atoms with E-state index < -0.39 is 0 Å². The minimum Gasteiger partial charge on any atom is -0.477 e. The lowest BCUT2D eigenvalue weighted by Crippen LogP contribution is -2.37. The van der Waals surface area contributed by atoms with Crippen molar-refractivity contribution in [3.63, 3.8) is 0 Å². The molecular formula is C19H19NO3. The Kier molecular flexibility index (Phi) is 3.16. The van der Waals surface area contributed by atoms with Gasteiger partial charge in [-0.05, 0) is 38.3 Å². The third-order valence-electron chi connectivity index (χ3n) is 4.65. The van der Waals surface area contributed by atoms with Crippen LogP contribution in [-0.2, 0) is 6.54 Å². The van der Waals surface area contributed by atoms with Crippen LogP contribution in [0.25, 0.3) is 21.7 Å². The van der Waals surface area contributed by atoms with Gasteiger partial charge in [-0.15, -0.1) is 0 Å². The third-order valence-corrected chi connectivity index (χ3v) is 4.65. The van der Waals surface area contributed by atoms with Crippen molar-refractivity contribution in [1.29, 1.82) is 0 Å². The Hall–Kier alpha value is -2.33. The van der Waals surface area contributed by atoms with Gasteiger partial charge in [0, 0.05) is 29.1 Å². The summed E-state index contributed by atoms with van der Waals surface area (Å²) in [5, 5.41) is 2.54. The van der Waals surface area contributed by atoms with Gasteiger partial charge in [-0.25, -0.2) is 4.79 Å². The van der Waals surface area contributed by atoms with E-state index in [9.17, 15) is 4.79 Å². The van der Waals surface area contributed by atoms with Crippen molar-refractivity contribution in [2.45, 2.75) is 33.4 Å². The van der Waals surface area contributed by atoms with Crippen molar-refractivity contribution in [3.8, 4) is 5.75 Å². The van der Waals surface area contributed by atoms with Crippen LogP contribution in [0.3, 0.4) is 0 Å². The number of ether oxygens (including phenoxy) is 1. The molecule has 0 aliphatic carbocycles. The zero-order valence-corrected chi connectivity index (χ0v) is 13.6. The molecule has 0 atom stereocenters. The molecule has 2 heterocycles. The predicted molar refractivity (Wildman–Crippen MR) is 90.9 cm³/mol. The van der Waals surface area contributed by atoms with E-state index in [2.05, 4.69) is 24.8 Å². The van der Waals surface area contributed by atoms with Crippen LogP contribution in [-0.4, -0.2) is 17.7 Å². The Balaban J connectivity index is 2.05. The summed E-state index contributed by atoms with van der Waals surface area (Å²) in [7, 11) is 0. The first-order chi connectivity index (χ1) is 11.1. The molecule has 4 heteroatoms. The minimum atomic E-state index is -0.296. The van der Waals surface area contributed by atoms with Gasteiger partial charge >= 0.3 is 5.63 Å². The number of benzene rings is 2. The molecule has 4 nitrogen and oxygen atoms in total. The summed E-state index contributed by atoms with van der Waals surface area (Å²) in [4.78, 5) is 14.5. The lowest BCUT2D eigenvalue weighted by atomic mass is 9.99. The second-order valence-corrected chi connectivity index (χ2v) is 6.42. The van der Waals surface area contributed by atoms with E-state index in [1.54, 1.807) is 0 Å². The van der Waals surface area contributed by atoms with Gasteiger partial charge in [-0.2, -0.15) is 0 Å². The Morgan fingerprint density at radius 2 is 1.87 bits per heavy atom. The van der Waals surface area contributed by atoms with E-state index in [1.807, 2.05) is 31.2 Å². The van der Waals surface area contributed by atoms with Gasteiger partial charge in [-0.1, -0.05) is 18.2 Å². The molecular weight excluding hydrogens is 290 g/mol. The lowest BCUT2D eigenvalue weighted by molar-refractivity contribution is 0.0681. The van der Waals surface area contributed by atoms with Gasteiger partial charge in [0.15, 0.2) is 0 Å². The zero-order valence-electron chi connectivity index (χ0n) is 13.6. The molecule has 0 saturated carbocycles. The van der Waals surface area contributed by atoms with Crippen molar-refractivity contribution >= 4 is 21.7 Å². The van der Waals surface area contributed by atoms with E-state index in [-0.39, 0.29) is 5.63 Å². The second-order valence-electron chi connectivity index (χ2n) is 6.42.